The summed E-state index contributed by atoms with van der Waals surface area (Å²) in [6.45, 7) is 0.665. The van der Waals surface area contributed by atoms with E-state index in [0.29, 0.717) is 12.2 Å². The smallest absolute Gasteiger partial charge is 0.250 e. The molecule has 4 N–H and O–H groups in total. The molecule has 1 aliphatic rings. The van der Waals surface area contributed by atoms with Crippen molar-refractivity contribution in [3.05, 3.63) is 53.3 Å². The Morgan fingerprint density at radius 1 is 1.20 bits per heavy atom. The molecule has 1 heterocycles. The lowest BCUT2D eigenvalue weighted by Gasteiger charge is -2.21. The van der Waals surface area contributed by atoms with Gasteiger partial charge in [-0.25, -0.2) is 4.39 Å². The Morgan fingerprint density at radius 3 is 2.70 bits per heavy atom. The summed E-state index contributed by atoms with van der Waals surface area (Å²) in [5, 5.41) is 0. The number of anilines is 3. The van der Waals surface area contributed by atoms with Gasteiger partial charge in [-0.3, -0.25) is 4.79 Å². The van der Waals surface area contributed by atoms with Crippen LogP contribution in [-0.2, 0) is 6.42 Å². The molecule has 1 amide bonds. The fourth-order valence-electron chi connectivity index (χ4n) is 2.59. The van der Waals surface area contributed by atoms with Gasteiger partial charge in [-0.05, 0) is 30.2 Å². The topological polar surface area (TPSA) is 72.4 Å². The lowest BCUT2D eigenvalue weighted by molar-refractivity contribution is 0.100. The number of nitrogens with two attached hydrogens (primary N) is 2. The maximum atomic E-state index is 14.2. The molecule has 0 saturated carbocycles. The van der Waals surface area contributed by atoms with Gasteiger partial charge in [0.2, 0.25) is 0 Å². The Bertz CT molecular complexity index is 700. The summed E-state index contributed by atoms with van der Waals surface area (Å²) in [5.41, 5.74) is 13.5. The Balaban J connectivity index is 2.12. The van der Waals surface area contributed by atoms with Gasteiger partial charge < -0.3 is 16.4 Å². The van der Waals surface area contributed by atoms with E-state index in [1.807, 2.05) is 29.2 Å². The minimum Gasteiger partial charge on any atom is -0.398 e. The number of carbonyl (C=O) groups excluding carboxylic acids is 1. The summed E-state index contributed by atoms with van der Waals surface area (Å²) >= 11 is 0. The van der Waals surface area contributed by atoms with E-state index < -0.39 is 11.7 Å². The van der Waals surface area contributed by atoms with Crippen molar-refractivity contribution in [1.29, 1.82) is 0 Å². The number of para-hydroxylation sites is 1. The third-order valence-corrected chi connectivity index (χ3v) is 3.56. The average Bonchev–Trinajstić information content (AvgIpc) is 2.82. The Hall–Kier alpha value is -2.56. The summed E-state index contributed by atoms with van der Waals surface area (Å²) < 4.78 is 14.2. The van der Waals surface area contributed by atoms with Crippen molar-refractivity contribution >= 4 is 23.0 Å². The highest BCUT2D eigenvalue weighted by atomic mass is 19.1. The van der Waals surface area contributed by atoms with E-state index in [-0.39, 0.29) is 11.3 Å². The molecule has 4 nitrogen and oxygen atoms in total. The Labute approximate surface area is 115 Å². The predicted molar refractivity (Wildman–Crippen MR) is 76.5 cm³/mol. The van der Waals surface area contributed by atoms with Crippen LogP contribution in [0.3, 0.4) is 0 Å². The van der Waals surface area contributed by atoms with Crippen molar-refractivity contribution in [2.24, 2.45) is 5.73 Å². The minimum atomic E-state index is -0.656. The SMILES string of the molecule is NC(=O)c1cc(N2CCc3ccccc32)c(F)cc1N. The molecule has 0 bridgehead atoms. The van der Waals surface area contributed by atoms with Gasteiger partial charge in [0.1, 0.15) is 5.82 Å². The maximum absolute atomic E-state index is 14.2. The van der Waals surface area contributed by atoms with Crippen molar-refractivity contribution in [3.63, 3.8) is 0 Å². The standard InChI is InChI=1S/C15H14FN3O/c16-11-8-12(17)10(15(18)20)7-14(11)19-6-5-9-3-1-2-4-13(9)19/h1-4,7-8H,5-6,17H2,(H2,18,20). The van der Waals surface area contributed by atoms with Gasteiger partial charge in [-0.1, -0.05) is 18.2 Å². The molecule has 1 aliphatic heterocycles. The molecular formula is C15H14FN3O. The zero-order chi connectivity index (χ0) is 14.3. The van der Waals surface area contributed by atoms with Gasteiger partial charge in [0.25, 0.3) is 5.91 Å². The zero-order valence-electron chi connectivity index (χ0n) is 10.8. The maximum Gasteiger partial charge on any atom is 0.250 e. The summed E-state index contributed by atoms with van der Waals surface area (Å²) in [7, 11) is 0. The van der Waals surface area contributed by atoms with E-state index in [1.165, 1.54) is 6.07 Å². The molecule has 0 aliphatic carbocycles. The van der Waals surface area contributed by atoms with Crippen LogP contribution < -0.4 is 16.4 Å². The van der Waals surface area contributed by atoms with Gasteiger partial charge in [0, 0.05) is 17.9 Å². The van der Waals surface area contributed by atoms with Gasteiger partial charge in [-0.15, -0.1) is 0 Å². The molecule has 3 rings (SSSR count). The monoisotopic (exact) mass is 271 g/mol. The van der Waals surface area contributed by atoms with Crippen molar-refractivity contribution in [1.82, 2.24) is 0 Å². The lowest BCUT2D eigenvalue weighted by atomic mass is 10.1. The summed E-state index contributed by atoms with van der Waals surface area (Å²) in [5.74, 6) is -1.11. The quantitative estimate of drug-likeness (QED) is 0.822. The molecule has 2 aromatic rings. The summed E-state index contributed by atoms with van der Waals surface area (Å²) in [4.78, 5) is 13.2. The Kier molecular flexibility index (Phi) is 2.82. The fourth-order valence-corrected chi connectivity index (χ4v) is 2.59. The first kappa shape index (κ1) is 12.5. The van der Waals surface area contributed by atoms with E-state index in [0.717, 1.165) is 23.7 Å². The summed E-state index contributed by atoms with van der Waals surface area (Å²) in [6, 6.07) is 10.4. The minimum absolute atomic E-state index is 0.0613. The van der Waals surface area contributed by atoms with Crippen molar-refractivity contribution in [2.75, 3.05) is 17.2 Å². The number of benzene rings is 2. The molecule has 0 aromatic heterocycles. The number of halogens is 1. The average molecular weight is 271 g/mol. The highest BCUT2D eigenvalue weighted by Gasteiger charge is 2.24. The molecule has 0 fully saturated rings. The number of hydrogen-bond acceptors (Lipinski definition) is 3. The molecule has 0 unspecified atom stereocenters. The highest BCUT2D eigenvalue weighted by Crippen LogP contribution is 2.37. The summed E-state index contributed by atoms with van der Waals surface area (Å²) in [6.07, 6.45) is 0.839. The largest absolute Gasteiger partial charge is 0.398 e. The highest BCUT2D eigenvalue weighted by molar-refractivity contribution is 5.99. The molecule has 5 heteroatoms. The number of hydrogen-bond donors (Lipinski definition) is 2. The van der Waals surface area contributed by atoms with E-state index in [1.54, 1.807) is 0 Å². The van der Waals surface area contributed by atoms with Gasteiger partial charge in [-0.2, -0.15) is 0 Å². The number of carbonyl (C=O) groups is 1. The van der Waals surface area contributed by atoms with Crippen molar-refractivity contribution < 1.29 is 9.18 Å². The van der Waals surface area contributed by atoms with E-state index in [4.69, 9.17) is 11.5 Å². The van der Waals surface area contributed by atoms with Gasteiger partial charge in [0.15, 0.2) is 0 Å². The van der Waals surface area contributed by atoms with Gasteiger partial charge in [0.05, 0.1) is 11.3 Å². The van der Waals surface area contributed by atoms with Gasteiger partial charge >= 0.3 is 0 Å². The number of rotatable bonds is 2. The van der Waals surface area contributed by atoms with E-state index in [9.17, 15) is 9.18 Å². The molecule has 102 valence electrons. The third-order valence-electron chi connectivity index (χ3n) is 3.56. The van der Waals surface area contributed by atoms with Crippen LogP contribution in [0.4, 0.5) is 21.5 Å². The first-order chi connectivity index (χ1) is 9.58. The normalized spacial score (nSPS) is 13.3. The van der Waals surface area contributed by atoms with Crippen LogP contribution in [-0.4, -0.2) is 12.5 Å². The van der Waals surface area contributed by atoms with Crippen molar-refractivity contribution in [2.45, 2.75) is 6.42 Å². The van der Waals surface area contributed by atoms with Crippen LogP contribution >= 0.6 is 0 Å². The zero-order valence-corrected chi connectivity index (χ0v) is 10.8. The number of nitrogens with zero attached hydrogens (tertiary/aromatic N) is 1. The third kappa shape index (κ3) is 1.87. The lowest BCUT2D eigenvalue weighted by Crippen LogP contribution is -2.19. The van der Waals surface area contributed by atoms with E-state index >= 15 is 0 Å². The fraction of sp³-hybridized carbons (Fsp3) is 0.133. The van der Waals surface area contributed by atoms with Crippen molar-refractivity contribution in [3.8, 4) is 0 Å². The van der Waals surface area contributed by atoms with Crippen LogP contribution in [0.5, 0.6) is 0 Å². The number of fused-ring (bicyclic) bond motifs is 1. The van der Waals surface area contributed by atoms with Crippen LogP contribution in [0.1, 0.15) is 15.9 Å². The first-order valence-electron chi connectivity index (χ1n) is 6.32. The second-order valence-electron chi connectivity index (χ2n) is 4.79. The van der Waals surface area contributed by atoms with Crippen LogP contribution in [0.2, 0.25) is 0 Å². The first-order valence-corrected chi connectivity index (χ1v) is 6.32. The number of amides is 1. The molecule has 0 spiro atoms. The Morgan fingerprint density at radius 2 is 1.95 bits per heavy atom. The predicted octanol–water partition coefficient (Wildman–Crippen LogP) is 2.20. The molecular weight excluding hydrogens is 257 g/mol. The number of primary amides is 1. The molecule has 2 aromatic carbocycles. The molecule has 20 heavy (non-hydrogen) atoms. The second kappa shape index (κ2) is 4.52. The van der Waals surface area contributed by atoms with Crippen LogP contribution in [0, 0.1) is 5.82 Å². The molecule has 0 atom stereocenters. The second-order valence-corrected chi connectivity index (χ2v) is 4.79. The van der Waals surface area contributed by atoms with Crippen LogP contribution in [0.25, 0.3) is 0 Å². The molecule has 0 saturated heterocycles. The van der Waals surface area contributed by atoms with E-state index in [2.05, 4.69) is 0 Å². The number of nitrogen functional groups attached to an aromatic ring is 1. The molecule has 0 radical (unpaired) electrons. The van der Waals surface area contributed by atoms with Crippen LogP contribution in [0.15, 0.2) is 36.4 Å².